The highest BCUT2D eigenvalue weighted by Crippen LogP contribution is 2.30. The number of carbonyl (C=O) groups is 1. The lowest BCUT2D eigenvalue weighted by atomic mass is 10.2. The second kappa shape index (κ2) is 6.88. The number of carbonyl (C=O) groups excluding carboxylic acids is 1. The van der Waals surface area contributed by atoms with Crippen LogP contribution < -0.4 is 9.03 Å². The minimum Gasteiger partial charge on any atom is -0.277 e. The van der Waals surface area contributed by atoms with Gasteiger partial charge in [-0.05, 0) is 42.8 Å². The molecule has 1 fully saturated rings. The smallest absolute Gasteiger partial charge is 0.262 e. The summed E-state index contributed by atoms with van der Waals surface area (Å²) in [6, 6.07) is 7.67. The van der Waals surface area contributed by atoms with Crippen LogP contribution in [0.4, 0.5) is 15.8 Å². The van der Waals surface area contributed by atoms with E-state index in [9.17, 15) is 26.0 Å². The zero-order chi connectivity index (χ0) is 20.0. The Bertz CT molecular complexity index is 1150. The van der Waals surface area contributed by atoms with Crippen LogP contribution in [-0.4, -0.2) is 28.5 Å². The van der Waals surface area contributed by atoms with Crippen LogP contribution in [0, 0.1) is 12.7 Å². The quantitative estimate of drug-likeness (QED) is 0.730. The minimum atomic E-state index is -4.22. The van der Waals surface area contributed by atoms with Crippen molar-refractivity contribution < 1.29 is 26.0 Å². The first-order valence-corrected chi connectivity index (χ1v) is 11.5. The molecule has 0 radical (unpaired) electrons. The fraction of sp³-hybridized carbons (Fsp3) is 0.188. The lowest BCUT2D eigenvalue weighted by Crippen LogP contribution is -2.29. The van der Waals surface area contributed by atoms with Crippen molar-refractivity contribution in [2.24, 2.45) is 0 Å². The Morgan fingerprint density at radius 3 is 2.48 bits per heavy atom. The SMILES string of the molecule is Cc1ccc(N2C(=O)CCS2(=O)=O)cc1S(=O)(=O)Nc1ccc(Br)cc1F. The highest BCUT2D eigenvalue weighted by Gasteiger charge is 2.37. The van der Waals surface area contributed by atoms with E-state index in [1.807, 2.05) is 0 Å². The molecule has 1 heterocycles. The summed E-state index contributed by atoms with van der Waals surface area (Å²) in [4.78, 5) is 11.7. The number of benzene rings is 2. The maximum atomic E-state index is 14.0. The van der Waals surface area contributed by atoms with Crippen molar-refractivity contribution in [2.75, 3.05) is 14.8 Å². The summed E-state index contributed by atoms with van der Waals surface area (Å²) in [5.74, 6) is -1.74. The second-order valence-corrected chi connectivity index (χ2v) is 10.4. The van der Waals surface area contributed by atoms with Gasteiger partial charge in [0.05, 0.1) is 22.0 Å². The first kappa shape index (κ1) is 19.8. The zero-order valence-corrected chi connectivity index (χ0v) is 17.2. The molecule has 0 spiro atoms. The molecular formula is C16H14BrFN2O5S2. The summed E-state index contributed by atoms with van der Waals surface area (Å²) >= 11 is 3.08. The van der Waals surface area contributed by atoms with Gasteiger partial charge in [0.25, 0.3) is 10.0 Å². The number of hydrogen-bond acceptors (Lipinski definition) is 5. The molecule has 1 aliphatic rings. The molecule has 0 saturated carbocycles. The van der Waals surface area contributed by atoms with Crippen molar-refractivity contribution in [1.29, 1.82) is 0 Å². The molecule has 7 nitrogen and oxygen atoms in total. The lowest BCUT2D eigenvalue weighted by Gasteiger charge is -2.18. The number of rotatable bonds is 4. The van der Waals surface area contributed by atoms with Crippen molar-refractivity contribution in [3.05, 3.63) is 52.3 Å². The van der Waals surface area contributed by atoms with Crippen LogP contribution in [0.15, 0.2) is 45.8 Å². The van der Waals surface area contributed by atoms with E-state index < -0.39 is 31.8 Å². The third kappa shape index (κ3) is 3.85. The number of nitrogens with zero attached hydrogens (tertiary/aromatic N) is 1. The molecule has 3 rings (SSSR count). The van der Waals surface area contributed by atoms with E-state index in [1.54, 1.807) is 0 Å². The molecule has 1 aliphatic heterocycles. The third-order valence-corrected chi connectivity index (χ3v) is 7.64. The largest absolute Gasteiger partial charge is 0.277 e. The molecule has 0 bridgehead atoms. The Morgan fingerprint density at radius 1 is 1.19 bits per heavy atom. The Kier molecular flexibility index (Phi) is 5.04. The van der Waals surface area contributed by atoms with Gasteiger partial charge in [-0.1, -0.05) is 22.0 Å². The average molecular weight is 477 g/mol. The van der Waals surface area contributed by atoms with E-state index in [0.29, 0.717) is 14.3 Å². The van der Waals surface area contributed by atoms with E-state index in [0.717, 1.165) is 12.1 Å². The van der Waals surface area contributed by atoms with Crippen LogP contribution in [0.25, 0.3) is 0 Å². The average Bonchev–Trinajstić information content (AvgIpc) is 2.84. The number of sulfonamides is 2. The third-order valence-electron chi connectivity index (χ3n) is 3.95. The van der Waals surface area contributed by atoms with Gasteiger partial charge in [0.2, 0.25) is 15.9 Å². The molecule has 27 heavy (non-hydrogen) atoms. The molecule has 0 atom stereocenters. The minimum absolute atomic E-state index is 0.0697. The summed E-state index contributed by atoms with van der Waals surface area (Å²) in [6.45, 7) is 1.51. The fourth-order valence-corrected chi connectivity index (χ4v) is 5.76. The number of anilines is 2. The van der Waals surface area contributed by atoms with Gasteiger partial charge in [0, 0.05) is 10.9 Å². The predicted molar refractivity (Wildman–Crippen MR) is 102 cm³/mol. The van der Waals surface area contributed by atoms with E-state index >= 15 is 0 Å². The Morgan fingerprint density at radius 2 is 1.89 bits per heavy atom. The maximum absolute atomic E-state index is 14.0. The van der Waals surface area contributed by atoms with Crippen molar-refractivity contribution in [1.82, 2.24) is 0 Å². The molecule has 144 valence electrons. The van der Waals surface area contributed by atoms with E-state index in [2.05, 4.69) is 20.7 Å². The molecule has 0 aliphatic carbocycles. The number of amides is 1. The number of hydrogen-bond donors (Lipinski definition) is 1. The molecule has 0 aromatic heterocycles. The van der Waals surface area contributed by atoms with Crippen LogP contribution in [0.1, 0.15) is 12.0 Å². The fourth-order valence-electron chi connectivity index (χ4n) is 2.65. The van der Waals surface area contributed by atoms with Gasteiger partial charge in [-0.3, -0.25) is 9.52 Å². The Hall–Kier alpha value is -1.98. The van der Waals surface area contributed by atoms with Crippen molar-refractivity contribution in [3.8, 4) is 0 Å². The molecule has 2 aromatic carbocycles. The molecular weight excluding hydrogens is 463 g/mol. The van der Waals surface area contributed by atoms with Crippen molar-refractivity contribution in [2.45, 2.75) is 18.2 Å². The van der Waals surface area contributed by atoms with E-state index in [-0.39, 0.29) is 28.4 Å². The van der Waals surface area contributed by atoms with Gasteiger partial charge < -0.3 is 0 Å². The van der Waals surface area contributed by atoms with Crippen LogP contribution in [-0.2, 0) is 24.8 Å². The summed E-state index contributed by atoms with van der Waals surface area (Å²) in [5, 5.41) is 0. The van der Waals surface area contributed by atoms with Gasteiger partial charge in [0.1, 0.15) is 5.82 Å². The topological polar surface area (TPSA) is 101 Å². The highest BCUT2D eigenvalue weighted by molar-refractivity contribution is 9.10. The number of halogens is 2. The Labute approximate surface area is 164 Å². The monoisotopic (exact) mass is 476 g/mol. The highest BCUT2D eigenvalue weighted by atomic mass is 79.9. The first-order valence-electron chi connectivity index (χ1n) is 7.66. The van der Waals surface area contributed by atoms with Crippen LogP contribution in [0.2, 0.25) is 0 Å². The van der Waals surface area contributed by atoms with Gasteiger partial charge in [0.15, 0.2) is 0 Å². The van der Waals surface area contributed by atoms with Crippen LogP contribution >= 0.6 is 15.9 Å². The summed E-state index contributed by atoms with van der Waals surface area (Å²) in [5.41, 5.74) is -0.0135. The molecule has 1 N–H and O–H groups in total. The standard InChI is InChI=1S/C16H14BrFN2O5S2/c1-10-2-4-12(20-16(21)6-7-26(20,22)23)9-15(10)27(24,25)19-14-5-3-11(17)8-13(14)18/h2-5,8-9,19H,6-7H2,1H3. The summed E-state index contributed by atoms with van der Waals surface area (Å²) < 4.78 is 66.8. The van der Waals surface area contributed by atoms with E-state index in [1.165, 1.54) is 31.2 Å². The van der Waals surface area contributed by atoms with Crippen molar-refractivity contribution >= 4 is 53.3 Å². The maximum Gasteiger partial charge on any atom is 0.262 e. The predicted octanol–water partition coefficient (Wildman–Crippen LogP) is 2.76. The summed E-state index contributed by atoms with van der Waals surface area (Å²) in [6.07, 6.45) is -0.166. The second-order valence-electron chi connectivity index (χ2n) is 5.90. The van der Waals surface area contributed by atoms with Crippen LogP contribution in [0.5, 0.6) is 0 Å². The molecule has 0 unspecified atom stereocenters. The lowest BCUT2D eigenvalue weighted by molar-refractivity contribution is -0.116. The van der Waals surface area contributed by atoms with E-state index in [4.69, 9.17) is 0 Å². The first-order chi connectivity index (χ1) is 12.5. The molecule has 11 heteroatoms. The van der Waals surface area contributed by atoms with Gasteiger partial charge in [-0.25, -0.2) is 25.5 Å². The van der Waals surface area contributed by atoms with Crippen molar-refractivity contribution in [3.63, 3.8) is 0 Å². The Balaban J connectivity index is 2.04. The molecule has 2 aromatic rings. The van der Waals surface area contributed by atoms with Gasteiger partial charge >= 0.3 is 0 Å². The number of aryl methyl sites for hydroxylation is 1. The zero-order valence-electron chi connectivity index (χ0n) is 13.9. The van der Waals surface area contributed by atoms with Gasteiger partial charge in [-0.15, -0.1) is 0 Å². The summed E-state index contributed by atoms with van der Waals surface area (Å²) in [7, 11) is -8.06. The van der Waals surface area contributed by atoms with Gasteiger partial charge in [-0.2, -0.15) is 0 Å². The van der Waals surface area contributed by atoms with Crippen LogP contribution in [0.3, 0.4) is 0 Å². The molecule has 1 amide bonds. The molecule has 1 saturated heterocycles. The number of nitrogens with one attached hydrogen (secondary N) is 1. The normalized spacial score (nSPS) is 16.6.